The Morgan fingerprint density at radius 3 is 2.37 bits per heavy atom. The molecule has 1 aromatic heterocycles. The lowest BCUT2D eigenvalue weighted by Crippen LogP contribution is -2.52. The highest BCUT2D eigenvalue weighted by atomic mass is 79.9. The summed E-state index contributed by atoms with van der Waals surface area (Å²) in [5.74, 6) is 0.103. The lowest BCUT2D eigenvalue weighted by Gasteiger charge is -2.41. The third-order valence-electron chi connectivity index (χ3n) is 11.2. The highest BCUT2D eigenvalue weighted by Crippen LogP contribution is 2.35. The molecule has 0 radical (unpaired) electrons. The summed E-state index contributed by atoms with van der Waals surface area (Å²) in [6.07, 6.45) is 5.63. The maximum atomic E-state index is 13.1. The van der Waals surface area contributed by atoms with Gasteiger partial charge in [-0.25, -0.2) is 0 Å². The van der Waals surface area contributed by atoms with Crippen LogP contribution < -0.4 is 15.8 Å². The predicted octanol–water partition coefficient (Wildman–Crippen LogP) is 4.21. The zero-order chi connectivity index (χ0) is 34.4. The number of anilines is 1. The van der Waals surface area contributed by atoms with Gasteiger partial charge in [0.1, 0.15) is 10.5 Å². The Balaban J connectivity index is 0.932. The van der Waals surface area contributed by atoms with E-state index >= 15 is 0 Å². The van der Waals surface area contributed by atoms with Crippen LogP contribution >= 0.6 is 15.9 Å². The van der Waals surface area contributed by atoms with Crippen molar-refractivity contribution in [2.24, 2.45) is 7.05 Å². The number of nitrogens with zero attached hydrogens (tertiary/aromatic N) is 5. The quantitative estimate of drug-likeness (QED) is 0.364. The highest BCUT2D eigenvalue weighted by Gasteiger charge is 2.39. The third-order valence-corrected chi connectivity index (χ3v) is 11.9. The number of fused-ring (bicyclic) bond motifs is 1. The molecule has 3 aromatic rings. The summed E-state index contributed by atoms with van der Waals surface area (Å²) in [5, 5.41) is 2.38. The van der Waals surface area contributed by atoms with Gasteiger partial charge in [-0.15, -0.1) is 0 Å². The molecule has 4 aliphatic rings. The summed E-state index contributed by atoms with van der Waals surface area (Å²) in [7, 11) is 6.05. The van der Waals surface area contributed by atoms with Gasteiger partial charge in [0.15, 0.2) is 0 Å². The van der Waals surface area contributed by atoms with Gasteiger partial charge in [-0.1, -0.05) is 36.4 Å². The number of likely N-dealkylation sites (tertiary alicyclic amines) is 2. The first-order valence-corrected chi connectivity index (χ1v) is 18.2. The molecule has 49 heavy (non-hydrogen) atoms. The molecule has 258 valence electrons. The maximum Gasteiger partial charge on any atom is 0.266 e. The molecule has 7 rings (SSSR count). The van der Waals surface area contributed by atoms with Gasteiger partial charge in [-0.05, 0) is 108 Å². The predicted molar refractivity (Wildman–Crippen MR) is 193 cm³/mol. The van der Waals surface area contributed by atoms with Crippen molar-refractivity contribution >= 4 is 39.3 Å². The molecule has 3 saturated heterocycles. The van der Waals surface area contributed by atoms with Crippen LogP contribution in [0.15, 0.2) is 64.0 Å². The lowest BCUT2D eigenvalue weighted by molar-refractivity contribution is -0.136. The first-order valence-electron chi connectivity index (χ1n) is 17.4. The number of likely N-dealkylation sites (N-methyl/N-ethyl adjacent to an activating group) is 2. The zero-order valence-corrected chi connectivity index (χ0v) is 30.1. The topological polar surface area (TPSA) is 98.2 Å². The molecule has 0 spiro atoms. The van der Waals surface area contributed by atoms with Gasteiger partial charge in [0.25, 0.3) is 11.5 Å². The second kappa shape index (κ2) is 13.8. The van der Waals surface area contributed by atoms with Gasteiger partial charge in [0.2, 0.25) is 11.8 Å². The van der Waals surface area contributed by atoms with Crippen LogP contribution in [0, 0.1) is 0 Å². The lowest BCUT2D eigenvalue weighted by atomic mass is 9.86. The summed E-state index contributed by atoms with van der Waals surface area (Å²) >= 11 is 3.54. The average Bonchev–Trinajstić information content (AvgIpc) is 3.42. The Hall–Kier alpha value is -3.80. The second-order valence-corrected chi connectivity index (χ2v) is 15.3. The van der Waals surface area contributed by atoms with Crippen LogP contribution in [0.4, 0.5) is 5.69 Å². The molecule has 0 saturated carbocycles. The van der Waals surface area contributed by atoms with Crippen molar-refractivity contribution in [3.8, 4) is 0 Å². The van der Waals surface area contributed by atoms with Crippen molar-refractivity contribution in [2.45, 2.75) is 69.1 Å². The van der Waals surface area contributed by atoms with Crippen molar-refractivity contribution in [1.82, 2.24) is 24.6 Å². The first kappa shape index (κ1) is 33.7. The number of nitrogens with one attached hydrogen (secondary N) is 1. The fourth-order valence-electron chi connectivity index (χ4n) is 8.29. The normalized spacial score (nSPS) is 23.9. The van der Waals surface area contributed by atoms with Crippen LogP contribution in [-0.2, 0) is 29.7 Å². The van der Waals surface area contributed by atoms with Crippen LogP contribution in [0.3, 0.4) is 0 Å². The van der Waals surface area contributed by atoms with E-state index in [9.17, 15) is 19.2 Å². The van der Waals surface area contributed by atoms with E-state index in [-0.39, 0.29) is 29.7 Å². The molecule has 4 aliphatic heterocycles. The highest BCUT2D eigenvalue weighted by molar-refractivity contribution is 9.10. The summed E-state index contributed by atoms with van der Waals surface area (Å²) in [5.41, 5.74) is 6.53. The van der Waals surface area contributed by atoms with Gasteiger partial charge in [-0.3, -0.25) is 29.4 Å². The van der Waals surface area contributed by atoms with Crippen LogP contribution in [-0.4, -0.2) is 89.3 Å². The number of carbonyl (C=O) groups is 3. The SMILES string of the molecule is CN1C[C@@H](c2ccc(CN3CCC(c4ccc5c(c4)CN(C4CCC(=O)NC4=O)C5=O)CC3)cc2)C[C@@H](N(C)c2ccn(C)c(=O)c2Br)C1. The molecule has 3 amide bonds. The fourth-order valence-corrected chi connectivity index (χ4v) is 8.98. The van der Waals surface area contributed by atoms with Crippen molar-refractivity contribution in [1.29, 1.82) is 0 Å². The molecule has 11 heteroatoms. The number of aromatic nitrogens is 1. The number of amides is 3. The minimum atomic E-state index is -0.582. The van der Waals surface area contributed by atoms with Gasteiger partial charge in [0, 0.05) is 64.5 Å². The molecule has 0 bridgehead atoms. The number of aryl methyl sites for hydroxylation is 1. The maximum absolute atomic E-state index is 13.1. The number of rotatable bonds is 7. The molecule has 1 N–H and O–H groups in total. The number of hydrogen-bond donors (Lipinski definition) is 1. The van der Waals surface area contributed by atoms with Crippen molar-refractivity contribution < 1.29 is 14.4 Å². The average molecular weight is 730 g/mol. The Kier molecular flexibility index (Phi) is 9.51. The van der Waals surface area contributed by atoms with Crippen LogP contribution in [0.2, 0.25) is 0 Å². The molecular weight excluding hydrogens is 684 g/mol. The number of pyridine rings is 1. The minimum absolute atomic E-state index is 0.0223. The summed E-state index contributed by atoms with van der Waals surface area (Å²) < 4.78 is 2.21. The van der Waals surface area contributed by atoms with E-state index < -0.39 is 6.04 Å². The van der Waals surface area contributed by atoms with Gasteiger partial charge >= 0.3 is 0 Å². The smallest absolute Gasteiger partial charge is 0.266 e. The van der Waals surface area contributed by atoms with E-state index in [0.29, 0.717) is 40.9 Å². The molecule has 2 aromatic carbocycles. The van der Waals surface area contributed by atoms with Gasteiger partial charge in [-0.2, -0.15) is 0 Å². The number of hydrogen-bond acceptors (Lipinski definition) is 7. The Morgan fingerprint density at radius 1 is 0.898 bits per heavy atom. The summed E-state index contributed by atoms with van der Waals surface area (Å²) in [4.78, 5) is 58.5. The minimum Gasteiger partial charge on any atom is -0.369 e. The number of imide groups is 1. The molecule has 5 heterocycles. The largest absolute Gasteiger partial charge is 0.369 e. The second-order valence-electron chi connectivity index (χ2n) is 14.5. The molecule has 0 aliphatic carbocycles. The number of benzene rings is 2. The van der Waals surface area contributed by atoms with Crippen molar-refractivity contribution in [2.75, 3.05) is 45.2 Å². The zero-order valence-electron chi connectivity index (χ0n) is 28.5. The van der Waals surface area contributed by atoms with E-state index in [2.05, 4.69) is 86.4 Å². The number of piperidine rings is 3. The Morgan fingerprint density at radius 2 is 1.63 bits per heavy atom. The molecule has 10 nitrogen and oxygen atoms in total. The van der Waals surface area contributed by atoms with Crippen LogP contribution in [0.25, 0.3) is 0 Å². The molecule has 3 fully saturated rings. The van der Waals surface area contributed by atoms with Crippen LogP contribution in [0.5, 0.6) is 0 Å². The third kappa shape index (κ3) is 6.85. The Bertz CT molecular complexity index is 1820. The van der Waals surface area contributed by atoms with E-state index in [4.69, 9.17) is 0 Å². The van der Waals surface area contributed by atoms with Gasteiger partial charge in [0.05, 0.1) is 5.69 Å². The van der Waals surface area contributed by atoms with Gasteiger partial charge < -0.3 is 19.3 Å². The fraction of sp³-hybridized carbons (Fsp3) is 0.474. The van der Waals surface area contributed by atoms with Crippen molar-refractivity contribution in [3.63, 3.8) is 0 Å². The van der Waals surface area contributed by atoms with E-state index in [1.807, 2.05) is 18.3 Å². The van der Waals surface area contributed by atoms with E-state index in [1.165, 1.54) is 16.7 Å². The van der Waals surface area contributed by atoms with Crippen molar-refractivity contribution in [3.05, 3.63) is 97.4 Å². The Labute approximate surface area is 296 Å². The number of halogens is 1. The standard InChI is InChI=1S/C38H45BrN6O4/c1-41-21-28(19-30(23-41)43(3)32-14-15-42(2)38(49)35(32)39)25-6-4-24(5-7-25)20-44-16-12-26(13-17-44)27-8-9-31-29(18-27)22-45(37(31)48)33-10-11-34(46)40-36(33)47/h4-9,14-15,18,26,28,30,33H,10-13,16-17,19-23H2,1-3H3,(H,40,46,47)/t28-,30+,33?/m0/s1. The monoisotopic (exact) mass is 728 g/mol. The molecular formula is C38H45BrN6O4. The summed E-state index contributed by atoms with van der Waals surface area (Å²) in [6.45, 7) is 5.35. The summed E-state index contributed by atoms with van der Waals surface area (Å²) in [6, 6.07) is 17.1. The van der Waals surface area contributed by atoms with Crippen LogP contribution in [0.1, 0.15) is 76.6 Å². The molecule has 3 atom stereocenters. The number of carbonyl (C=O) groups excluding carboxylic acids is 3. The van der Waals surface area contributed by atoms with E-state index in [0.717, 1.165) is 63.2 Å². The first-order chi connectivity index (χ1) is 23.5. The van der Waals surface area contributed by atoms with E-state index in [1.54, 1.807) is 16.5 Å². The molecule has 1 unspecified atom stereocenters.